The molecule has 0 spiro atoms. The van der Waals surface area contributed by atoms with Crippen LogP contribution in [0.25, 0.3) is 0 Å². The second-order valence-electron chi connectivity index (χ2n) is 7.46. The standard InChI is InChI=1S/C18H24/c1-12-4-3-5-13(2)17(12)18-9-14-6-15(10-18)8-16(7-14)11-18/h3-5,14-16H,6-11H2,1-2H3. The Morgan fingerprint density at radius 2 is 1.28 bits per heavy atom. The molecule has 0 nitrogen and oxygen atoms in total. The van der Waals surface area contributed by atoms with Crippen molar-refractivity contribution in [2.45, 2.75) is 57.8 Å². The highest BCUT2D eigenvalue weighted by atomic mass is 14.6. The van der Waals surface area contributed by atoms with Crippen molar-refractivity contribution in [3.8, 4) is 0 Å². The van der Waals surface area contributed by atoms with Gasteiger partial charge in [0.05, 0.1) is 0 Å². The van der Waals surface area contributed by atoms with Gasteiger partial charge in [0, 0.05) is 0 Å². The normalized spacial score (nSPS) is 41.3. The van der Waals surface area contributed by atoms with Gasteiger partial charge in [-0.25, -0.2) is 0 Å². The molecule has 0 amide bonds. The molecule has 0 heteroatoms. The molecule has 1 aromatic rings. The predicted octanol–water partition coefficient (Wildman–Crippen LogP) is 4.77. The fourth-order valence-electron chi connectivity index (χ4n) is 6.07. The van der Waals surface area contributed by atoms with Gasteiger partial charge in [-0.2, -0.15) is 0 Å². The smallest absolute Gasteiger partial charge is 0.00338 e. The number of aryl methyl sites for hydroxylation is 2. The lowest BCUT2D eigenvalue weighted by molar-refractivity contribution is -0.00574. The third-order valence-electron chi connectivity index (χ3n) is 6.05. The molecule has 1 aromatic carbocycles. The Kier molecular flexibility index (Phi) is 2.23. The molecule has 0 radical (unpaired) electrons. The topological polar surface area (TPSA) is 0 Å². The van der Waals surface area contributed by atoms with Gasteiger partial charge in [0.2, 0.25) is 0 Å². The first kappa shape index (κ1) is 11.1. The molecular weight excluding hydrogens is 216 g/mol. The average molecular weight is 240 g/mol. The minimum Gasteiger partial charge on any atom is -0.0617 e. The highest BCUT2D eigenvalue weighted by Gasteiger charge is 2.52. The van der Waals surface area contributed by atoms with Crippen molar-refractivity contribution in [2.24, 2.45) is 17.8 Å². The van der Waals surface area contributed by atoms with E-state index in [0.29, 0.717) is 5.41 Å². The van der Waals surface area contributed by atoms with Crippen molar-refractivity contribution in [3.05, 3.63) is 34.9 Å². The van der Waals surface area contributed by atoms with E-state index < -0.39 is 0 Å². The Hall–Kier alpha value is -0.780. The van der Waals surface area contributed by atoms with Crippen molar-refractivity contribution >= 4 is 0 Å². The molecule has 4 bridgehead atoms. The van der Waals surface area contributed by atoms with Crippen molar-refractivity contribution in [1.29, 1.82) is 0 Å². The summed E-state index contributed by atoms with van der Waals surface area (Å²) in [6.07, 6.45) is 9.11. The SMILES string of the molecule is Cc1cccc(C)c1C12CC3CC(CC(C3)C1)C2. The highest BCUT2D eigenvalue weighted by Crippen LogP contribution is 2.61. The Bertz CT molecular complexity index is 427. The van der Waals surface area contributed by atoms with E-state index in [9.17, 15) is 0 Å². The van der Waals surface area contributed by atoms with Gasteiger partial charge < -0.3 is 0 Å². The van der Waals surface area contributed by atoms with Crippen LogP contribution >= 0.6 is 0 Å². The first-order valence-corrected chi connectivity index (χ1v) is 7.73. The van der Waals surface area contributed by atoms with E-state index in [-0.39, 0.29) is 0 Å². The van der Waals surface area contributed by atoms with Crippen molar-refractivity contribution < 1.29 is 0 Å². The Balaban J connectivity index is 1.84. The van der Waals surface area contributed by atoms with Crippen LogP contribution in [0.2, 0.25) is 0 Å². The molecule has 0 heterocycles. The monoisotopic (exact) mass is 240 g/mol. The zero-order valence-corrected chi connectivity index (χ0v) is 11.7. The summed E-state index contributed by atoms with van der Waals surface area (Å²) in [5, 5.41) is 0. The summed E-state index contributed by atoms with van der Waals surface area (Å²) < 4.78 is 0. The molecule has 5 rings (SSSR count). The molecule has 4 saturated carbocycles. The average Bonchev–Trinajstić information content (AvgIpc) is 2.26. The zero-order valence-electron chi connectivity index (χ0n) is 11.7. The van der Waals surface area contributed by atoms with Crippen molar-refractivity contribution in [1.82, 2.24) is 0 Å². The second kappa shape index (κ2) is 3.62. The maximum absolute atomic E-state index is 2.33. The van der Waals surface area contributed by atoms with Gasteiger partial charge in [-0.15, -0.1) is 0 Å². The van der Waals surface area contributed by atoms with Gasteiger partial charge >= 0.3 is 0 Å². The van der Waals surface area contributed by atoms with Crippen LogP contribution in [0.5, 0.6) is 0 Å². The van der Waals surface area contributed by atoms with E-state index in [1.54, 1.807) is 36.0 Å². The fraction of sp³-hybridized carbons (Fsp3) is 0.667. The molecule has 0 aromatic heterocycles. The molecule has 0 saturated heterocycles. The highest BCUT2D eigenvalue weighted by molar-refractivity contribution is 5.41. The van der Waals surface area contributed by atoms with Gasteiger partial charge in [-0.05, 0) is 92.2 Å². The van der Waals surface area contributed by atoms with Crippen molar-refractivity contribution in [3.63, 3.8) is 0 Å². The van der Waals surface area contributed by atoms with Crippen LogP contribution in [0.15, 0.2) is 18.2 Å². The lowest BCUT2D eigenvalue weighted by Crippen LogP contribution is -2.49. The maximum atomic E-state index is 2.33. The van der Waals surface area contributed by atoms with Crippen LogP contribution in [0.1, 0.15) is 55.2 Å². The van der Waals surface area contributed by atoms with Crippen LogP contribution in [0.4, 0.5) is 0 Å². The third kappa shape index (κ3) is 1.44. The van der Waals surface area contributed by atoms with Crippen LogP contribution < -0.4 is 0 Å². The molecule has 4 aliphatic carbocycles. The molecule has 4 fully saturated rings. The first-order chi connectivity index (χ1) is 8.66. The van der Waals surface area contributed by atoms with E-state index in [1.807, 2.05) is 0 Å². The summed E-state index contributed by atoms with van der Waals surface area (Å²) in [6.45, 7) is 4.67. The summed E-state index contributed by atoms with van der Waals surface area (Å²) >= 11 is 0. The van der Waals surface area contributed by atoms with Gasteiger partial charge in [0.15, 0.2) is 0 Å². The molecular formula is C18H24. The summed E-state index contributed by atoms with van der Waals surface area (Å²) in [5.41, 5.74) is 5.42. The molecule has 0 atom stereocenters. The van der Waals surface area contributed by atoms with E-state index in [2.05, 4.69) is 32.0 Å². The Morgan fingerprint density at radius 3 is 1.72 bits per heavy atom. The largest absolute Gasteiger partial charge is 0.0617 e. The maximum Gasteiger partial charge on any atom is -0.00338 e. The number of benzene rings is 1. The first-order valence-electron chi connectivity index (χ1n) is 7.73. The molecule has 0 N–H and O–H groups in total. The molecule has 96 valence electrons. The van der Waals surface area contributed by atoms with Crippen LogP contribution in [0, 0.1) is 31.6 Å². The van der Waals surface area contributed by atoms with Crippen LogP contribution in [-0.4, -0.2) is 0 Å². The lowest BCUT2D eigenvalue weighted by Gasteiger charge is -2.57. The zero-order chi connectivity index (χ0) is 12.3. The van der Waals surface area contributed by atoms with Gasteiger partial charge in [-0.1, -0.05) is 18.2 Å². The van der Waals surface area contributed by atoms with Gasteiger partial charge in [-0.3, -0.25) is 0 Å². The van der Waals surface area contributed by atoms with Crippen LogP contribution in [0.3, 0.4) is 0 Å². The lowest BCUT2D eigenvalue weighted by atomic mass is 9.47. The quantitative estimate of drug-likeness (QED) is 0.663. The predicted molar refractivity (Wildman–Crippen MR) is 75.8 cm³/mol. The fourth-order valence-corrected chi connectivity index (χ4v) is 6.07. The molecule has 4 aliphatic rings. The van der Waals surface area contributed by atoms with E-state index in [4.69, 9.17) is 0 Å². The summed E-state index contributed by atoms with van der Waals surface area (Å²) in [6, 6.07) is 6.90. The summed E-state index contributed by atoms with van der Waals surface area (Å²) in [5.74, 6) is 3.15. The molecule has 0 unspecified atom stereocenters. The summed E-state index contributed by atoms with van der Waals surface area (Å²) in [7, 11) is 0. The Morgan fingerprint density at radius 1 is 0.833 bits per heavy atom. The van der Waals surface area contributed by atoms with Crippen molar-refractivity contribution in [2.75, 3.05) is 0 Å². The number of hydrogen-bond acceptors (Lipinski definition) is 0. The molecule has 18 heavy (non-hydrogen) atoms. The van der Waals surface area contributed by atoms with E-state index >= 15 is 0 Å². The Labute approximate surface area is 111 Å². The van der Waals surface area contributed by atoms with Gasteiger partial charge in [0.25, 0.3) is 0 Å². The summed E-state index contributed by atoms with van der Waals surface area (Å²) in [4.78, 5) is 0. The third-order valence-corrected chi connectivity index (χ3v) is 6.05. The number of rotatable bonds is 1. The second-order valence-corrected chi connectivity index (χ2v) is 7.46. The van der Waals surface area contributed by atoms with E-state index in [0.717, 1.165) is 17.8 Å². The van der Waals surface area contributed by atoms with E-state index in [1.165, 1.54) is 19.3 Å². The van der Waals surface area contributed by atoms with Gasteiger partial charge in [0.1, 0.15) is 0 Å². The van der Waals surface area contributed by atoms with Crippen LogP contribution in [-0.2, 0) is 5.41 Å². The number of hydrogen-bond donors (Lipinski definition) is 0. The minimum atomic E-state index is 0.574. The minimum absolute atomic E-state index is 0.574. The molecule has 0 aliphatic heterocycles.